The van der Waals surface area contributed by atoms with Crippen molar-refractivity contribution >= 4 is 43.1 Å². The second-order valence-electron chi connectivity index (χ2n) is 5.84. The smallest absolute Gasteiger partial charge is 0.00139 e. The maximum absolute atomic E-state index is 3.59. The molecule has 0 N–H and O–H groups in total. The van der Waals surface area contributed by atoms with Gasteiger partial charge in [-0.05, 0) is 79.5 Å². The van der Waals surface area contributed by atoms with Crippen molar-refractivity contribution in [2.24, 2.45) is 0 Å². The van der Waals surface area contributed by atoms with Gasteiger partial charge in [-0.1, -0.05) is 48.5 Å². The number of benzene rings is 5. The molecule has 0 saturated carbocycles. The van der Waals surface area contributed by atoms with E-state index in [2.05, 4.69) is 84.9 Å². The van der Waals surface area contributed by atoms with E-state index in [0.717, 1.165) is 0 Å². The molecule has 22 heavy (non-hydrogen) atoms. The maximum atomic E-state index is 3.59. The fourth-order valence-corrected chi connectivity index (χ4v) is 3.28. The lowest BCUT2D eigenvalue weighted by atomic mass is 9.97. The Morgan fingerprint density at radius 1 is 0.409 bits per heavy atom. The number of fused-ring (bicyclic) bond motifs is 4. The summed E-state index contributed by atoms with van der Waals surface area (Å²) in [5.41, 5.74) is 0. The quantitative estimate of drug-likeness (QED) is 0.300. The molecule has 0 unspecified atom stereocenters. The van der Waals surface area contributed by atoms with Gasteiger partial charge in [-0.3, -0.25) is 0 Å². The van der Waals surface area contributed by atoms with Gasteiger partial charge in [0.05, 0.1) is 0 Å². The summed E-state index contributed by atoms with van der Waals surface area (Å²) in [4.78, 5) is 0. The van der Waals surface area contributed by atoms with E-state index >= 15 is 0 Å². The van der Waals surface area contributed by atoms with E-state index in [9.17, 15) is 0 Å². The second-order valence-corrected chi connectivity index (χ2v) is 5.84. The van der Waals surface area contributed by atoms with E-state index in [1.54, 1.807) is 0 Å². The van der Waals surface area contributed by atoms with Crippen molar-refractivity contribution < 1.29 is 0 Å². The van der Waals surface area contributed by atoms with Gasteiger partial charge in [0, 0.05) is 0 Å². The molecule has 0 fully saturated rings. The third-order valence-corrected chi connectivity index (χ3v) is 4.42. The van der Waals surface area contributed by atoms with Gasteiger partial charge in [0.15, 0.2) is 0 Å². The topological polar surface area (TPSA) is 0 Å². The summed E-state index contributed by atoms with van der Waals surface area (Å²) in [6.45, 7) is 0. The second kappa shape index (κ2) is 4.32. The summed E-state index contributed by atoms with van der Waals surface area (Å²) in [5, 5.41) is 9.97. The SMILES string of the molecule is [c]1c2cc3ccccc3cc2cc2cc3ccccc3cc12. The predicted octanol–water partition coefficient (Wildman–Crippen LogP) is 6.10. The Morgan fingerprint density at radius 3 is 1.23 bits per heavy atom. The van der Waals surface area contributed by atoms with Crippen molar-refractivity contribution in [3.63, 3.8) is 0 Å². The average Bonchev–Trinajstić information content (AvgIpc) is 2.56. The highest BCUT2D eigenvalue weighted by Crippen LogP contribution is 2.29. The minimum atomic E-state index is 1.18. The molecule has 0 amide bonds. The van der Waals surface area contributed by atoms with Gasteiger partial charge in [0.2, 0.25) is 0 Å². The normalized spacial score (nSPS) is 11.6. The van der Waals surface area contributed by atoms with Crippen molar-refractivity contribution in [1.29, 1.82) is 0 Å². The molecule has 0 aromatic heterocycles. The molecule has 5 aromatic carbocycles. The molecule has 1 radical (unpaired) electrons. The van der Waals surface area contributed by atoms with Gasteiger partial charge in [0.1, 0.15) is 0 Å². The number of rotatable bonds is 0. The first-order valence-electron chi connectivity index (χ1n) is 7.54. The molecule has 0 heteroatoms. The van der Waals surface area contributed by atoms with Crippen molar-refractivity contribution in [2.45, 2.75) is 0 Å². The Bertz CT molecular complexity index is 982. The lowest BCUT2D eigenvalue weighted by Crippen LogP contribution is -1.80. The molecule has 5 rings (SSSR count). The van der Waals surface area contributed by atoms with E-state index in [1.165, 1.54) is 43.1 Å². The number of hydrogen-bond donors (Lipinski definition) is 0. The fraction of sp³-hybridized carbons (Fsp3) is 0. The summed E-state index contributed by atoms with van der Waals surface area (Å²) >= 11 is 0. The molecule has 0 aliphatic rings. The van der Waals surface area contributed by atoms with Crippen LogP contribution >= 0.6 is 0 Å². The van der Waals surface area contributed by atoms with Crippen molar-refractivity contribution in [2.75, 3.05) is 0 Å². The highest BCUT2D eigenvalue weighted by atomic mass is 14.1. The van der Waals surface area contributed by atoms with Crippen molar-refractivity contribution in [3.8, 4) is 0 Å². The highest BCUT2D eigenvalue weighted by molar-refractivity contribution is 6.07. The van der Waals surface area contributed by atoms with Crippen LogP contribution in [-0.2, 0) is 0 Å². The molecular formula is C22H13. The zero-order valence-corrected chi connectivity index (χ0v) is 12.0. The van der Waals surface area contributed by atoms with E-state index < -0.39 is 0 Å². The maximum Gasteiger partial charge on any atom is -0.00139 e. The average molecular weight is 277 g/mol. The van der Waals surface area contributed by atoms with Gasteiger partial charge in [-0.2, -0.15) is 0 Å². The Hall–Kier alpha value is -2.86. The van der Waals surface area contributed by atoms with Crippen LogP contribution in [0.4, 0.5) is 0 Å². The van der Waals surface area contributed by atoms with Gasteiger partial charge in [0.25, 0.3) is 0 Å². The summed E-state index contributed by atoms with van der Waals surface area (Å²) in [5.74, 6) is 0. The molecular weight excluding hydrogens is 264 g/mol. The summed E-state index contributed by atoms with van der Waals surface area (Å²) in [6, 6.07) is 31.9. The van der Waals surface area contributed by atoms with Gasteiger partial charge >= 0.3 is 0 Å². The van der Waals surface area contributed by atoms with Gasteiger partial charge in [-0.25, -0.2) is 0 Å². The van der Waals surface area contributed by atoms with Crippen LogP contribution in [0.1, 0.15) is 0 Å². The summed E-state index contributed by atoms with van der Waals surface area (Å²) in [7, 11) is 0. The molecule has 101 valence electrons. The zero-order chi connectivity index (χ0) is 14.5. The lowest BCUT2D eigenvalue weighted by Gasteiger charge is -2.06. The van der Waals surface area contributed by atoms with Crippen LogP contribution in [0.2, 0.25) is 0 Å². The first-order chi connectivity index (χ1) is 10.9. The molecule has 0 aliphatic heterocycles. The third kappa shape index (κ3) is 1.71. The largest absolute Gasteiger partial charge is 0.0616 e. The third-order valence-electron chi connectivity index (χ3n) is 4.42. The summed E-state index contributed by atoms with van der Waals surface area (Å²) < 4.78 is 0. The molecule has 0 saturated heterocycles. The molecule has 0 heterocycles. The van der Waals surface area contributed by atoms with Crippen molar-refractivity contribution in [3.05, 3.63) is 84.9 Å². The Labute approximate surface area is 128 Å². The minimum absolute atomic E-state index is 1.18. The molecule has 0 nitrogen and oxygen atoms in total. The monoisotopic (exact) mass is 277 g/mol. The van der Waals surface area contributed by atoms with Gasteiger partial charge in [-0.15, -0.1) is 0 Å². The molecule has 5 aromatic rings. The van der Waals surface area contributed by atoms with E-state index in [-0.39, 0.29) is 0 Å². The van der Waals surface area contributed by atoms with Crippen LogP contribution in [0.5, 0.6) is 0 Å². The van der Waals surface area contributed by atoms with Crippen LogP contribution in [0, 0.1) is 6.07 Å². The lowest BCUT2D eigenvalue weighted by molar-refractivity contribution is 1.77. The van der Waals surface area contributed by atoms with Crippen LogP contribution in [0.3, 0.4) is 0 Å². The van der Waals surface area contributed by atoms with Crippen LogP contribution in [-0.4, -0.2) is 0 Å². The Balaban J connectivity index is 1.93. The summed E-state index contributed by atoms with van der Waals surface area (Å²) in [6.07, 6.45) is 0. The Morgan fingerprint density at radius 2 is 0.773 bits per heavy atom. The van der Waals surface area contributed by atoms with E-state index in [0.29, 0.717) is 0 Å². The Kier molecular flexibility index (Phi) is 2.31. The minimum Gasteiger partial charge on any atom is -0.0616 e. The highest BCUT2D eigenvalue weighted by Gasteiger charge is 2.03. The molecule has 0 atom stereocenters. The van der Waals surface area contributed by atoms with Crippen LogP contribution < -0.4 is 0 Å². The molecule has 0 bridgehead atoms. The number of hydrogen-bond acceptors (Lipinski definition) is 0. The first-order valence-corrected chi connectivity index (χ1v) is 7.54. The zero-order valence-electron chi connectivity index (χ0n) is 12.0. The van der Waals surface area contributed by atoms with Crippen LogP contribution in [0.15, 0.2) is 78.9 Å². The van der Waals surface area contributed by atoms with Gasteiger partial charge < -0.3 is 0 Å². The standard InChI is InChI=1S/C22H13/c1-2-6-16-10-20-14-22-12-18-8-4-3-7-17(18)11-21(22)13-19(20)9-15(16)5-1/h1-13H. The van der Waals surface area contributed by atoms with Crippen molar-refractivity contribution in [1.82, 2.24) is 0 Å². The van der Waals surface area contributed by atoms with E-state index in [4.69, 9.17) is 0 Å². The fourth-order valence-electron chi connectivity index (χ4n) is 3.28. The molecule has 0 spiro atoms. The van der Waals surface area contributed by atoms with Crippen LogP contribution in [0.25, 0.3) is 43.1 Å². The predicted molar refractivity (Wildman–Crippen MR) is 95.3 cm³/mol. The first kappa shape index (κ1) is 11.8. The molecule has 0 aliphatic carbocycles. The van der Waals surface area contributed by atoms with E-state index in [1.807, 2.05) is 0 Å².